The lowest BCUT2D eigenvalue weighted by Gasteiger charge is -2.21. The molecule has 128 valence electrons. The highest BCUT2D eigenvalue weighted by Crippen LogP contribution is 2.10. The SMILES string of the molecule is CCNC(=NCc1cccc(C(N)=O)c1)N(C)Cc1csc(C)n1. The van der Waals surface area contributed by atoms with Gasteiger partial charge >= 0.3 is 0 Å². The Kier molecular flexibility index (Phi) is 6.31. The molecule has 1 aromatic heterocycles. The second-order valence-electron chi connectivity index (χ2n) is 5.45. The number of rotatable bonds is 6. The van der Waals surface area contributed by atoms with E-state index in [-0.39, 0.29) is 0 Å². The van der Waals surface area contributed by atoms with Crippen molar-refractivity contribution in [3.05, 3.63) is 51.5 Å². The molecule has 2 rings (SSSR count). The van der Waals surface area contributed by atoms with Crippen LogP contribution in [0.3, 0.4) is 0 Å². The molecule has 0 saturated carbocycles. The topological polar surface area (TPSA) is 83.6 Å². The number of hydrogen-bond donors (Lipinski definition) is 2. The summed E-state index contributed by atoms with van der Waals surface area (Å²) >= 11 is 1.64. The van der Waals surface area contributed by atoms with Crippen LogP contribution in [0.15, 0.2) is 34.6 Å². The van der Waals surface area contributed by atoms with E-state index >= 15 is 0 Å². The molecule has 0 spiro atoms. The van der Waals surface area contributed by atoms with Crippen LogP contribution in [0.25, 0.3) is 0 Å². The monoisotopic (exact) mass is 345 g/mol. The van der Waals surface area contributed by atoms with Gasteiger partial charge in [-0.1, -0.05) is 12.1 Å². The number of nitrogens with zero attached hydrogens (tertiary/aromatic N) is 3. The largest absolute Gasteiger partial charge is 0.366 e. The Balaban J connectivity index is 2.09. The molecular weight excluding hydrogens is 322 g/mol. The van der Waals surface area contributed by atoms with E-state index in [1.807, 2.05) is 37.9 Å². The minimum Gasteiger partial charge on any atom is -0.366 e. The lowest BCUT2D eigenvalue weighted by molar-refractivity contribution is 0.1000. The van der Waals surface area contributed by atoms with Crippen LogP contribution >= 0.6 is 11.3 Å². The van der Waals surface area contributed by atoms with Gasteiger partial charge < -0.3 is 16.0 Å². The second kappa shape index (κ2) is 8.44. The first-order valence-corrected chi connectivity index (χ1v) is 8.66. The van der Waals surface area contributed by atoms with E-state index in [4.69, 9.17) is 5.73 Å². The standard InChI is InChI=1S/C17H23N5OS/c1-4-19-17(22(3)10-15-11-24-12(2)21-15)20-9-13-6-5-7-14(8-13)16(18)23/h5-8,11H,4,9-10H2,1-3H3,(H2,18,23)(H,19,20). The zero-order valence-corrected chi connectivity index (χ0v) is 15.1. The number of primary amides is 1. The van der Waals surface area contributed by atoms with Crippen LogP contribution in [0.1, 0.15) is 33.5 Å². The molecule has 3 N–H and O–H groups in total. The van der Waals surface area contributed by atoms with Gasteiger partial charge in [0, 0.05) is 24.5 Å². The molecule has 0 unspecified atom stereocenters. The number of nitrogens with two attached hydrogens (primary N) is 1. The fourth-order valence-corrected chi connectivity index (χ4v) is 2.86. The average Bonchev–Trinajstić information content (AvgIpc) is 2.96. The number of carbonyl (C=O) groups excluding carboxylic acids is 1. The van der Waals surface area contributed by atoms with E-state index in [1.165, 1.54) is 0 Å². The van der Waals surface area contributed by atoms with Crippen molar-refractivity contribution in [3.63, 3.8) is 0 Å². The van der Waals surface area contributed by atoms with E-state index < -0.39 is 5.91 Å². The Labute approximate surface area is 146 Å². The zero-order valence-electron chi connectivity index (χ0n) is 14.2. The molecule has 0 saturated heterocycles. The Morgan fingerprint density at radius 1 is 1.46 bits per heavy atom. The first-order valence-electron chi connectivity index (χ1n) is 7.78. The highest BCUT2D eigenvalue weighted by atomic mass is 32.1. The lowest BCUT2D eigenvalue weighted by atomic mass is 10.1. The molecule has 24 heavy (non-hydrogen) atoms. The number of amides is 1. The quantitative estimate of drug-likeness (QED) is 0.621. The van der Waals surface area contributed by atoms with Crippen molar-refractivity contribution < 1.29 is 4.79 Å². The predicted octanol–water partition coefficient (Wildman–Crippen LogP) is 2.15. The highest BCUT2D eigenvalue weighted by Gasteiger charge is 2.09. The number of nitrogens with one attached hydrogen (secondary N) is 1. The molecule has 0 aliphatic rings. The van der Waals surface area contributed by atoms with Crippen molar-refractivity contribution in [2.24, 2.45) is 10.7 Å². The van der Waals surface area contributed by atoms with Crippen LogP contribution in [0, 0.1) is 6.92 Å². The number of thiazole rings is 1. The normalized spacial score (nSPS) is 11.4. The summed E-state index contributed by atoms with van der Waals surface area (Å²) in [6, 6.07) is 7.24. The zero-order chi connectivity index (χ0) is 17.5. The number of aliphatic imine (C=N–C) groups is 1. The predicted molar refractivity (Wildman–Crippen MR) is 98.1 cm³/mol. The molecular formula is C17H23N5OS. The van der Waals surface area contributed by atoms with Crippen molar-refractivity contribution in [1.29, 1.82) is 0 Å². The molecule has 0 aliphatic heterocycles. The summed E-state index contributed by atoms with van der Waals surface area (Å²) in [6.07, 6.45) is 0. The summed E-state index contributed by atoms with van der Waals surface area (Å²) in [6.45, 7) is 5.98. The molecule has 1 heterocycles. The molecule has 0 atom stereocenters. The van der Waals surface area contributed by atoms with Crippen LogP contribution < -0.4 is 11.1 Å². The maximum absolute atomic E-state index is 11.3. The Morgan fingerprint density at radius 3 is 2.88 bits per heavy atom. The van der Waals surface area contributed by atoms with Crippen LogP contribution in [-0.2, 0) is 13.1 Å². The number of guanidine groups is 1. The van der Waals surface area contributed by atoms with Gasteiger partial charge in [-0.25, -0.2) is 9.98 Å². The summed E-state index contributed by atoms with van der Waals surface area (Å²) < 4.78 is 0. The van der Waals surface area contributed by atoms with Crippen molar-refractivity contribution in [2.45, 2.75) is 26.9 Å². The maximum atomic E-state index is 11.3. The smallest absolute Gasteiger partial charge is 0.248 e. The molecule has 0 bridgehead atoms. The first kappa shape index (κ1) is 17.9. The maximum Gasteiger partial charge on any atom is 0.248 e. The fourth-order valence-electron chi connectivity index (χ4n) is 2.26. The molecule has 1 amide bonds. The van der Waals surface area contributed by atoms with E-state index in [2.05, 4.69) is 20.7 Å². The molecule has 6 nitrogen and oxygen atoms in total. The summed E-state index contributed by atoms with van der Waals surface area (Å²) in [5.74, 6) is 0.372. The van der Waals surface area contributed by atoms with Gasteiger partial charge in [0.15, 0.2) is 5.96 Å². The Hall–Kier alpha value is -2.41. The number of carbonyl (C=O) groups is 1. The van der Waals surface area contributed by atoms with E-state index in [1.54, 1.807) is 23.5 Å². The molecule has 0 fully saturated rings. The van der Waals surface area contributed by atoms with Crippen LogP contribution in [-0.4, -0.2) is 35.3 Å². The van der Waals surface area contributed by atoms with Gasteiger partial charge in [-0.15, -0.1) is 11.3 Å². The van der Waals surface area contributed by atoms with Crippen molar-refractivity contribution in [3.8, 4) is 0 Å². The van der Waals surface area contributed by atoms with E-state index in [0.717, 1.165) is 28.8 Å². The van der Waals surface area contributed by atoms with Gasteiger partial charge in [0.2, 0.25) is 5.91 Å². The van der Waals surface area contributed by atoms with Gasteiger partial charge in [0.05, 0.1) is 23.8 Å². The third-order valence-electron chi connectivity index (χ3n) is 3.39. The third-order valence-corrected chi connectivity index (χ3v) is 4.21. The molecule has 0 aliphatic carbocycles. The number of aryl methyl sites for hydroxylation is 1. The van der Waals surface area contributed by atoms with Crippen molar-refractivity contribution in [2.75, 3.05) is 13.6 Å². The summed E-state index contributed by atoms with van der Waals surface area (Å²) in [4.78, 5) is 22.4. The van der Waals surface area contributed by atoms with Gasteiger partial charge in [0.1, 0.15) is 0 Å². The molecule has 7 heteroatoms. The Morgan fingerprint density at radius 2 is 2.25 bits per heavy atom. The number of aromatic nitrogens is 1. The third kappa shape index (κ3) is 5.06. The lowest BCUT2D eigenvalue weighted by Crippen LogP contribution is -2.38. The second-order valence-corrected chi connectivity index (χ2v) is 6.51. The molecule has 1 aromatic carbocycles. The van der Waals surface area contributed by atoms with Crippen LogP contribution in [0.5, 0.6) is 0 Å². The average molecular weight is 345 g/mol. The van der Waals surface area contributed by atoms with Crippen molar-refractivity contribution in [1.82, 2.24) is 15.2 Å². The van der Waals surface area contributed by atoms with Gasteiger partial charge in [-0.2, -0.15) is 0 Å². The van der Waals surface area contributed by atoms with Crippen LogP contribution in [0.2, 0.25) is 0 Å². The highest BCUT2D eigenvalue weighted by molar-refractivity contribution is 7.09. The fraction of sp³-hybridized carbons (Fsp3) is 0.353. The van der Waals surface area contributed by atoms with Gasteiger partial charge in [-0.3, -0.25) is 4.79 Å². The minimum atomic E-state index is -0.427. The summed E-state index contributed by atoms with van der Waals surface area (Å²) in [7, 11) is 1.98. The summed E-state index contributed by atoms with van der Waals surface area (Å²) in [5, 5.41) is 6.40. The van der Waals surface area contributed by atoms with Crippen LogP contribution in [0.4, 0.5) is 0 Å². The number of benzene rings is 1. The van der Waals surface area contributed by atoms with Crippen molar-refractivity contribution >= 4 is 23.2 Å². The van der Waals surface area contributed by atoms with E-state index in [0.29, 0.717) is 18.7 Å². The number of hydrogen-bond acceptors (Lipinski definition) is 4. The molecule has 0 radical (unpaired) electrons. The van der Waals surface area contributed by atoms with Gasteiger partial charge in [-0.05, 0) is 31.5 Å². The minimum absolute atomic E-state index is 0.427. The Bertz CT molecular complexity index is 725. The molecule has 2 aromatic rings. The van der Waals surface area contributed by atoms with Gasteiger partial charge in [0.25, 0.3) is 0 Å². The van der Waals surface area contributed by atoms with E-state index in [9.17, 15) is 4.79 Å². The summed E-state index contributed by atoms with van der Waals surface area (Å²) in [5.41, 5.74) is 7.79. The first-order chi connectivity index (χ1) is 11.5.